The Morgan fingerprint density at radius 2 is 1.67 bits per heavy atom. The smallest absolute Gasteiger partial charge is 0.0329 e. The van der Waals surface area contributed by atoms with Crippen molar-refractivity contribution in [3.8, 4) is 0 Å². The number of hydrogen-bond acceptors (Lipinski definition) is 1. The van der Waals surface area contributed by atoms with Crippen LogP contribution in [0.4, 0.5) is 0 Å². The molecule has 0 heterocycles. The topological polar surface area (TPSA) is 26.0 Å². The lowest BCUT2D eigenvalue weighted by molar-refractivity contribution is 0.257. The average Bonchev–Trinajstić information content (AvgIpc) is 2.93. The molecule has 0 radical (unpaired) electrons. The summed E-state index contributed by atoms with van der Waals surface area (Å²) in [5.74, 6) is 1.56. The van der Waals surface area contributed by atoms with Crippen molar-refractivity contribution >= 4 is 10.8 Å². The zero-order valence-electron chi connectivity index (χ0n) is 12.9. The molecular formula is C20H25N. The van der Waals surface area contributed by atoms with Gasteiger partial charge in [0.2, 0.25) is 0 Å². The van der Waals surface area contributed by atoms with Crippen LogP contribution in [0, 0.1) is 11.8 Å². The van der Waals surface area contributed by atoms with E-state index in [1.165, 1.54) is 66.0 Å². The molecule has 1 saturated carbocycles. The van der Waals surface area contributed by atoms with E-state index in [4.69, 9.17) is 5.73 Å². The van der Waals surface area contributed by atoms with Crippen molar-refractivity contribution in [2.24, 2.45) is 17.6 Å². The lowest BCUT2D eigenvalue weighted by Crippen LogP contribution is -2.25. The molecule has 1 atom stereocenters. The van der Waals surface area contributed by atoms with Crippen molar-refractivity contribution in [1.29, 1.82) is 0 Å². The second-order valence-corrected chi connectivity index (χ2v) is 7.20. The van der Waals surface area contributed by atoms with Gasteiger partial charge >= 0.3 is 0 Å². The highest BCUT2D eigenvalue weighted by Gasteiger charge is 2.26. The Morgan fingerprint density at radius 1 is 0.952 bits per heavy atom. The van der Waals surface area contributed by atoms with Crippen molar-refractivity contribution in [3.05, 3.63) is 47.0 Å². The molecule has 0 aliphatic heterocycles. The third kappa shape index (κ3) is 2.19. The monoisotopic (exact) mass is 279 g/mol. The van der Waals surface area contributed by atoms with E-state index >= 15 is 0 Å². The molecular weight excluding hydrogens is 254 g/mol. The molecule has 4 rings (SSSR count). The maximum atomic E-state index is 6.70. The van der Waals surface area contributed by atoms with Crippen LogP contribution in [0.5, 0.6) is 0 Å². The number of hydrogen-bond donors (Lipinski definition) is 1. The number of aryl methyl sites for hydroxylation is 2. The van der Waals surface area contributed by atoms with E-state index in [1.807, 2.05) is 0 Å². The summed E-state index contributed by atoms with van der Waals surface area (Å²) in [7, 11) is 0. The lowest BCUT2D eigenvalue weighted by atomic mass is 9.77. The predicted molar refractivity (Wildman–Crippen MR) is 89.4 cm³/mol. The number of rotatable bonds is 2. The van der Waals surface area contributed by atoms with Gasteiger partial charge in [0.15, 0.2) is 0 Å². The maximum absolute atomic E-state index is 6.70. The second-order valence-electron chi connectivity index (χ2n) is 7.20. The van der Waals surface area contributed by atoms with Gasteiger partial charge in [0, 0.05) is 6.04 Å². The first-order valence-electron chi connectivity index (χ1n) is 8.53. The van der Waals surface area contributed by atoms with Gasteiger partial charge in [-0.1, -0.05) is 50.1 Å². The molecule has 2 aromatic carbocycles. The number of nitrogens with two attached hydrogens (primary N) is 1. The normalized spacial score (nSPS) is 26.2. The van der Waals surface area contributed by atoms with Crippen LogP contribution in [0.15, 0.2) is 30.3 Å². The Labute approximate surface area is 127 Å². The highest BCUT2D eigenvalue weighted by atomic mass is 14.7. The third-order valence-electron chi connectivity index (χ3n) is 5.84. The number of benzene rings is 2. The van der Waals surface area contributed by atoms with E-state index in [2.05, 4.69) is 37.3 Å². The minimum atomic E-state index is 0.211. The summed E-state index contributed by atoms with van der Waals surface area (Å²) in [4.78, 5) is 0. The highest BCUT2D eigenvalue weighted by Crippen LogP contribution is 2.40. The third-order valence-corrected chi connectivity index (χ3v) is 5.84. The fraction of sp³-hybridized carbons (Fsp3) is 0.500. The Bertz CT molecular complexity index is 655. The van der Waals surface area contributed by atoms with Crippen molar-refractivity contribution in [2.75, 3.05) is 0 Å². The summed E-state index contributed by atoms with van der Waals surface area (Å²) in [6, 6.07) is 11.6. The molecule has 0 aromatic heterocycles. The molecule has 1 unspecified atom stereocenters. The first-order chi connectivity index (χ1) is 10.2. The Balaban J connectivity index is 1.74. The summed E-state index contributed by atoms with van der Waals surface area (Å²) < 4.78 is 0. The summed E-state index contributed by atoms with van der Waals surface area (Å²) >= 11 is 0. The van der Waals surface area contributed by atoms with Gasteiger partial charge in [0.05, 0.1) is 0 Å². The fourth-order valence-electron chi connectivity index (χ4n) is 4.46. The highest BCUT2D eigenvalue weighted by molar-refractivity contribution is 5.93. The fourth-order valence-corrected chi connectivity index (χ4v) is 4.46. The molecule has 1 heteroatoms. The van der Waals surface area contributed by atoms with Gasteiger partial charge in [0.25, 0.3) is 0 Å². The molecule has 1 nitrogen and oxygen atoms in total. The quantitative estimate of drug-likeness (QED) is 0.842. The van der Waals surface area contributed by atoms with Crippen LogP contribution >= 0.6 is 0 Å². The SMILES string of the molecule is CC1CCC(C(N)c2ccc3c4c(cccc24)CC3)CC1. The Kier molecular flexibility index (Phi) is 3.26. The molecule has 0 amide bonds. The van der Waals surface area contributed by atoms with Gasteiger partial charge in [-0.15, -0.1) is 0 Å². The van der Waals surface area contributed by atoms with Gasteiger partial charge in [-0.05, 0) is 65.0 Å². The van der Waals surface area contributed by atoms with Crippen LogP contribution in [-0.4, -0.2) is 0 Å². The molecule has 0 saturated heterocycles. The minimum absolute atomic E-state index is 0.211. The van der Waals surface area contributed by atoms with E-state index in [1.54, 1.807) is 0 Å². The molecule has 21 heavy (non-hydrogen) atoms. The van der Waals surface area contributed by atoms with Gasteiger partial charge < -0.3 is 5.73 Å². The Hall–Kier alpha value is -1.34. The lowest BCUT2D eigenvalue weighted by Gasteiger charge is -2.31. The molecule has 0 bridgehead atoms. The van der Waals surface area contributed by atoms with Crippen molar-refractivity contribution in [1.82, 2.24) is 0 Å². The van der Waals surface area contributed by atoms with Crippen LogP contribution in [-0.2, 0) is 12.8 Å². The molecule has 2 aromatic rings. The van der Waals surface area contributed by atoms with Crippen molar-refractivity contribution in [3.63, 3.8) is 0 Å². The summed E-state index contributed by atoms with van der Waals surface area (Å²) in [6.07, 6.45) is 7.69. The molecule has 110 valence electrons. The minimum Gasteiger partial charge on any atom is -0.324 e. The van der Waals surface area contributed by atoms with Gasteiger partial charge in [-0.3, -0.25) is 0 Å². The van der Waals surface area contributed by atoms with E-state index in [-0.39, 0.29) is 6.04 Å². The van der Waals surface area contributed by atoms with Crippen molar-refractivity contribution in [2.45, 2.75) is 51.5 Å². The largest absolute Gasteiger partial charge is 0.324 e. The summed E-state index contributed by atoms with van der Waals surface area (Å²) in [5, 5.41) is 2.93. The van der Waals surface area contributed by atoms with E-state index < -0.39 is 0 Å². The Morgan fingerprint density at radius 3 is 2.43 bits per heavy atom. The molecule has 1 fully saturated rings. The van der Waals surface area contributed by atoms with Crippen LogP contribution in [0.1, 0.15) is 55.3 Å². The standard InChI is InChI=1S/C20H25N/c1-13-5-7-16(8-6-13)20(21)18-12-11-15-10-9-14-3-2-4-17(18)19(14)15/h2-4,11-13,16,20H,5-10,21H2,1H3. The van der Waals surface area contributed by atoms with Crippen LogP contribution in [0.2, 0.25) is 0 Å². The first-order valence-corrected chi connectivity index (χ1v) is 8.53. The van der Waals surface area contributed by atoms with Gasteiger partial charge in [0.1, 0.15) is 0 Å². The van der Waals surface area contributed by atoms with Crippen LogP contribution < -0.4 is 5.73 Å². The van der Waals surface area contributed by atoms with Gasteiger partial charge in [-0.2, -0.15) is 0 Å². The van der Waals surface area contributed by atoms with Crippen LogP contribution in [0.3, 0.4) is 0 Å². The molecule has 2 N–H and O–H groups in total. The van der Waals surface area contributed by atoms with E-state index in [0.29, 0.717) is 5.92 Å². The zero-order valence-corrected chi connectivity index (χ0v) is 12.9. The average molecular weight is 279 g/mol. The van der Waals surface area contributed by atoms with Crippen LogP contribution in [0.25, 0.3) is 10.8 Å². The molecule has 0 spiro atoms. The van der Waals surface area contributed by atoms with E-state index in [0.717, 1.165) is 5.92 Å². The van der Waals surface area contributed by atoms with Gasteiger partial charge in [-0.25, -0.2) is 0 Å². The zero-order chi connectivity index (χ0) is 14.4. The predicted octanol–water partition coefficient (Wildman–Crippen LogP) is 4.76. The van der Waals surface area contributed by atoms with E-state index in [9.17, 15) is 0 Å². The maximum Gasteiger partial charge on any atom is 0.0329 e. The molecule has 2 aliphatic carbocycles. The summed E-state index contributed by atoms with van der Waals surface area (Å²) in [6.45, 7) is 2.38. The first kappa shape index (κ1) is 13.3. The molecule has 2 aliphatic rings. The summed E-state index contributed by atoms with van der Waals surface area (Å²) in [5.41, 5.74) is 11.1. The van der Waals surface area contributed by atoms with Crippen molar-refractivity contribution < 1.29 is 0 Å². The second kappa shape index (κ2) is 5.14.